The summed E-state index contributed by atoms with van der Waals surface area (Å²) in [5.74, 6) is 0. The van der Waals surface area contributed by atoms with E-state index in [1.807, 2.05) is 0 Å². The van der Waals surface area contributed by atoms with Crippen molar-refractivity contribution in [1.82, 2.24) is 4.83 Å². The van der Waals surface area contributed by atoms with Crippen LogP contribution in [-0.2, 0) is 16.2 Å². The number of allylic oxidation sites excluding steroid dienone is 1. The third-order valence-corrected chi connectivity index (χ3v) is 4.56. The predicted molar refractivity (Wildman–Crippen MR) is 90.7 cm³/mol. The van der Waals surface area contributed by atoms with Crippen LogP contribution in [0.4, 0.5) is 26.3 Å². The Kier molecular flexibility index (Phi) is 6.17. The number of alkyl halides is 6. The molecule has 1 N–H and O–H groups in total. The summed E-state index contributed by atoms with van der Waals surface area (Å²) in [6.45, 7) is 0. The molecule has 0 aliphatic heterocycles. The molecule has 0 aliphatic carbocycles. The van der Waals surface area contributed by atoms with E-state index in [4.69, 9.17) is 0 Å². The van der Waals surface area contributed by atoms with Gasteiger partial charge in [0, 0.05) is 0 Å². The first-order valence-electron chi connectivity index (χ1n) is 7.47. The maximum absolute atomic E-state index is 13.1. The van der Waals surface area contributed by atoms with Gasteiger partial charge in [0.1, 0.15) is 4.90 Å². The fraction of sp³-hybridized carbons (Fsp3) is 0.118. The molecule has 0 fully saturated rings. The van der Waals surface area contributed by atoms with Crippen molar-refractivity contribution in [2.75, 3.05) is 0 Å². The number of nitrogens with one attached hydrogen (secondary N) is 1. The molecule has 0 aromatic heterocycles. The van der Waals surface area contributed by atoms with Crippen LogP contribution in [-0.4, -0.2) is 20.3 Å². The number of hydrogen-bond donors (Lipinski definition) is 1. The zero-order valence-corrected chi connectivity index (χ0v) is 14.6. The molecule has 0 atom stereocenters. The highest BCUT2D eigenvalue weighted by molar-refractivity contribution is 7.89. The van der Waals surface area contributed by atoms with E-state index in [2.05, 4.69) is 5.10 Å². The summed E-state index contributed by atoms with van der Waals surface area (Å²) in [5, 5.41) is 2.78. The van der Waals surface area contributed by atoms with E-state index < -0.39 is 38.5 Å². The molecule has 0 amide bonds. The first-order chi connectivity index (χ1) is 12.9. The van der Waals surface area contributed by atoms with Crippen molar-refractivity contribution in [1.29, 1.82) is 0 Å². The zero-order chi connectivity index (χ0) is 21.0. The van der Waals surface area contributed by atoms with Crippen LogP contribution in [0, 0.1) is 0 Å². The maximum Gasteiger partial charge on any atom is 0.435 e. The fourth-order valence-corrected chi connectivity index (χ4v) is 3.08. The molecule has 4 nitrogen and oxygen atoms in total. The Bertz CT molecular complexity index is 981. The average Bonchev–Trinajstić information content (AvgIpc) is 2.60. The van der Waals surface area contributed by atoms with Gasteiger partial charge in [-0.1, -0.05) is 48.5 Å². The van der Waals surface area contributed by atoms with Gasteiger partial charge in [0.25, 0.3) is 10.0 Å². The van der Waals surface area contributed by atoms with Gasteiger partial charge in [-0.05, 0) is 23.8 Å². The quantitative estimate of drug-likeness (QED) is 0.435. The number of sulfonamides is 1. The topological polar surface area (TPSA) is 58.5 Å². The van der Waals surface area contributed by atoms with Gasteiger partial charge in [-0.15, -0.1) is 0 Å². The van der Waals surface area contributed by atoms with Gasteiger partial charge in [-0.2, -0.15) is 44.7 Å². The van der Waals surface area contributed by atoms with E-state index in [0.29, 0.717) is 23.8 Å². The monoisotopic (exact) mass is 422 g/mol. The lowest BCUT2D eigenvalue weighted by atomic mass is 10.2. The van der Waals surface area contributed by atoms with Crippen LogP contribution in [0.3, 0.4) is 0 Å². The van der Waals surface area contributed by atoms with Crippen molar-refractivity contribution in [2.24, 2.45) is 5.10 Å². The second-order valence-electron chi connectivity index (χ2n) is 5.33. The largest absolute Gasteiger partial charge is 0.435 e. The fourth-order valence-electron chi connectivity index (χ4n) is 2.03. The van der Waals surface area contributed by atoms with E-state index in [1.165, 1.54) is 17.0 Å². The molecular formula is C17H12F6N2O2S. The number of halogens is 6. The Hall–Kier alpha value is -2.82. The van der Waals surface area contributed by atoms with Crippen LogP contribution in [0.25, 0.3) is 6.08 Å². The highest BCUT2D eigenvalue weighted by atomic mass is 32.2. The van der Waals surface area contributed by atoms with Crippen molar-refractivity contribution in [2.45, 2.75) is 17.2 Å². The normalized spacial score (nSPS) is 13.7. The Morgan fingerprint density at radius 1 is 0.893 bits per heavy atom. The third kappa shape index (κ3) is 5.59. The minimum Gasteiger partial charge on any atom is -0.200 e. The second-order valence-corrected chi connectivity index (χ2v) is 6.96. The molecule has 0 spiro atoms. The van der Waals surface area contributed by atoms with Gasteiger partial charge in [-0.3, -0.25) is 0 Å². The summed E-state index contributed by atoms with van der Waals surface area (Å²) in [6, 6.07) is 10.8. The smallest absolute Gasteiger partial charge is 0.200 e. The SMILES string of the molecule is O=S(=O)(N/N=C(\C=C\c1ccccc1)C(F)(F)F)c1ccccc1C(F)(F)F. The van der Waals surface area contributed by atoms with Gasteiger partial charge < -0.3 is 0 Å². The van der Waals surface area contributed by atoms with Gasteiger partial charge in [0.2, 0.25) is 0 Å². The summed E-state index contributed by atoms with van der Waals surface area (Å²) >= 11 is 0. The lowest BCUT2D eigenvalue weighted by Gasteiger charge is -2.13. The van der Waals surface area contributed by atoms with Gasteiger partial charge in [-0.25, -0.2) is 0 Å². The van der Waals surface area contributed by atoms with E-state index >= 15 is 0 Å². The van der Waals surface area contributed by atoms with Crippen molar-refractivity contribution in [3.8, 4) is 0 Å². The molecule has 0 bridgehead atoms. The Morgan fingerprint density at radius 2 is 1.46 bits per heavy atom. The molecule has 150 valence electrons. The molecule has 0 unspecified atom stereocenters. The predicted octanol–water partition coefficient (Wildman–Crippen LogP) is 4.62. The molecule has 2 aromatic carbocycles. The summed E-state index contributed by atoms with van der Waals surface area (Å²) in [5.41, 5.74) is -2.78. The lowest BCUT2D eigenvalue weighted by molar-refractivity contribution is -0.139. The molecule has 0 heterocycles. The summed E-state index contributed by atoms with van der Waals surface area (Å²) in [6.07, 6.45) is -8.52. The van der Waals surface area contributed by atoms with Crippen molar-refractivity contribution < 1.29 is 34.8 Å². The Labute approximate surface area is 156 Å². The van der Waals surface area contributed by atoms with Crippen LogP contribution >= 0.6 is 0 Å². The molecular weight excluding hydrogens is 410 g/mol. The van der Waals surface area contributed by atoms with E-state index in [1.54, 1.807) is 18.2 Å². The highest BCUT2D eigenvalue weighted by Crippen LogP contribution is 2.33. The first kappa shape index (κ1) is 21.5. The minimum atomic E-state index is -5.04. The standard InChI is InChI=1S/C17H12F6N2O2S/c18-16(19,20)13-8-4-5-9-14(13)28(26,27)25-24-15(17(21,22)23)11-10-12-6-2-1-3-7-12/h1-11,25H/b11-10+,24-15+. The molecule has 2 rings (SSSR count). The van der Waals surface area contributed by atoms with Crippen LogP contribution in [0.1, 0.15) is 11.1 Å². The van der Waals surface area contributed by atoms with Crippen molar-refractivity contribution in [3.63, 3.8) is 0 Å². The molecule has 0 saturated carbocycles. The third-order valence-electron chi connectivity index (χ3n) is 3.29. The van der Waals surface area contributed by atoms with Crippen LogP contribution in [0.2, 0.25) is 0 Å². The summed E-state index contributed by atoms with van der Waals surface area (Å²) < 4.78 is 102. The summed E-state index contributed by atoms with van der Waals surface area (Å²) in [4.78, 5) is -0.0166. The van der Waals surface area contributed by atoms with Crippen LogP contribution in [0.5, 0.6) is 0 Å². The zero-order valence-electron chi connectivity index (χ0n) is 13.8. The van der Waals surface area contributed by atoms with Crippen molar-refractivity contribution in [3.05, 3.63) is 71.8 Å². The number of benzene rings is 2. The number of nitrogens with zero attached hydrogens (tertiary/aromatic N) is 1. The van der Waals surface area contributed by atoms with E-state index in [-0.39, 0.29) is 0 Å². The number of rotatable bonds is 5. The molecule has 2 aromatic rings. The Balaban J connectivity index is 2.38. The molecule has 11 heteroatoms. The number of hydrogen-bond acceptors (Lipinski definition) is 3. The molecule has 0 radical (unpaired) electrons. The van der Waals surface area contributed by atoms with E-state index in [0.717, 1.165) is 18.2 Å². The maximum atomic E-state index is 13.1. The highest BCUT2D eigenvalue weighted by Gasteiger charge is 2.38. The van der Waals surface area contributed by atoms with Crippen LogP contribution < -0.4 is 4.83 Å². The lowest BCUT2D eigenvalue weighted by Crippen LogP contribution is -2.28. The second kappa shape index (κ2) is 8.05. The number of hydrazone groups is 1. The van der Waals surface area contributed by atoms with Gasteiger partial charge in [0.15, 0.2) is 5.71 Å². The minimum absolute atomic E-state index is 0.379. The summed E-state index contributed by atoms with van der Waals surface area (Å²) in [7, 11) is -5.00. The average molecular weight is 422 g/mol. The molecule has 0 aliphatic rings. The van der Waals surface area contributed by atoms with Crippen molar-refractivity contribution >= 4 is 21.8 Å². The molecule has 28 heavy (non-hydrogen) atoms. The van der Waals surface area contributed by atoms with E-state index in [9.17, 15) is 34.8 Å². The molecule has 0 saturated heterocycles. The first-order valence-corrected chi connectivity index (χ1v) is 8.95. The Morgan fingerprint density at radius 3 is 2.04 bits per heavy atom. The van der Waals surface area contributed by atoms with Gasteiger partial charge in [0.05, 0.1) is 5.56 Å². The van der Waals surface area contributed by atoms with Crippen LogP contribution in [0.15, 0.2) is 70.7 Å². The van der Waals surface area contributed by atoms with Gasteiger partial charge >= 0.3 is 12.4 Å².